The Morgan fingerprint density at radius 3 is 1.75 bits per heavy atom. The Morgan fingerprint density at radius 1 is 0.688 bits per heavy atom. The maximum Gasteiger partial charge on any atom is 0.152 e. The summed E-state index contributed by atoms with van der Waals surface area (Å²) in [5, 5.41) is 0. The third kappa shape index (κ3) is 4.15. The van der Waals surface area contributed by atoms with Crippen molar-refractivity contribution in [3.63, 3.8) is 0 Å². The number of ketones is 1. The first kappa shape index (κ1) is 21.1. The first-order chi connectivity index (χ1) is 15.8. The largest absolute Gasteiger partial charge is 0.300 e. The van der Waals surface area contributed by atoms with E-state index < -0.39 is 5.41 Å². The summed E-state index contributed by atoms with van der Waals surface area (Å²) in [7, 11) is 0. The third-order valence-electron chi connectivity index (χ3n) is 7.38. The third-order valence-corrected chi connectivity index (χ3v) is 7.38. The minimum atomic E-state index is -0.498. The van der Waals surface area contributed by atoms with Crippen molar-refractivity contribution in [3.8, 4) is 0 Å². The number of nitrogens with zero attached hydrogens (tertiary/aromatic N) is 2. The molecule has 1 atom stereocenters. The van der Waals surface area contributed by atoms with Gasteiger partial charge < -0.3 is 4.90 Å². The second kappa shape index (κ2) is 9.40. The second-order valence-electron chi connectivity index (χ2n) is 9.30. The van der Waals surface area contributed by atoms with Crippen LogP contribution < -0.4 is 0 Å². The Labute approximate surface area is 191 Å². The molecule has 2 fully saturated rings. The minimum absolute atomic E-state index is 0.107. The van der Waals surface area contributed by atoms with Gasteiger partial charge in [0, 0.05) is 45.2 Å². The minimum Gasteiger partial charge on any atom is -0.300 e. The van der Waals surface area contributed by atoms with Gasteiger partial charge in [-0.2, -0.15) is 0 Å². The molecule has 2 aliphatic rings. The number of hydrogen-bond donors (Lipinski definition) is 0. The summed E-state index contributed by atoms with van der Waals surface area (Å²) < 4.78 is 0. The first-order valence-corrected chi connectivity index (χ1v) is 11.9. The van der Waals surface area contributed by atoms with Crippen molar-refractivity contribution in [1.82, 2.24) is 9.80 Å². The summed E-state index contributed by atoms with van der Waals surface area (Å²) in [6, 6.07) is 31.6. The smallest absolute Gasteiger partial charge is 0.152 e. The maximum absolute atomic E-state index is 14.0. The van der Waals surface area contributed by atoms with E-state index in [0.29, 0.717) is 5.78 Å². The van der Waals surface area contributed by atoms with Gasteiger partial charge in [-0.25, -0.2) is 0 Å². The van der Waals surface area contributed by atoms with E-state index in [2.05, 4.69) is 88.7 Å². The fraction of sp³-hybridized carbons (Fsp3) is 0.345. The molecule has 0 N–H and O–H groups in total. The molecule has 1 aliphatic carbocycles. The van der Waals surface area contributed by atoms with Gasteiger partial charge in [0.2, 0.25) is 0 Å². The molecule has 1 unspecified atom stereocenters. The molecule has 1 saturated heterocycles. The predicted molar refractivity (Wildman–Crippen MR) is 130 cm³/mol. The summed E-state index contributed by atoms with van der Waals surface area (Å²) in [6.07, 6.45) is 1.87. The van der Waals surface area contributed by atoms with Crippen LogP contribution >= 0.6 is 0 Å². The maximum atomic E-state index is 14.0. The van der Waals surface area contributed by atoms with Crippen LogP contribution in [0.15, 0.2) is 91.0 Å². The van der Waals surface area contributed by atoms with Gasteiger partial charge in [0.15, 0.2) is 5.78 Å². The van der Waals surface area contributed by atoms with E-state index in [0.717, 1.165) is 63.2 Å². The van der Waals surface area contributed by atoms with Crippen LogP contribution in [-0.4, -0.2) is 48.3 Å². The molecule has 0 amide bonds. The highest BCUT2D eigenvalue weighted by molar-refractivity contribution is 5.97. The zero-order valence-corrected chi connectivity index (χ0v) is 18.7. The highest BCUT2D eigenvalue weighted by Gasteiger charge is 2.50. The Morgan fingerprint density at radius 2 is 1.19 bits per heavy atom. The van der Waals surface area contributed by atoms with E-state index in [4.69, 9.17) is 0 Å². The highest BCUT2D eigenvalue weighted by atomic mass is 16.1. The predicted octanol–water partition coefficient (Wildman–Crippen LogP) is 4.77. The Hall–Kier alpha value is -2.75. The number of rotatable bonds is 6. The molecule has 1 heterocycles. The van der Waals surface area contributed by atoms with Gasteiger partial charge >= 0.3 is 0 Å². The summed E-state index contributed by atoms with van der Waals surface area (Å²) in [5.74, 6) is 0.512. The van der Waals surface area contributed by atoms with Crippen molar-refractivity contribution >= 4 is 5.78 Å². The van der Waals surface area contributed by atoms with Gasteiger partial charge in [-0.3, -0.25) is 9.69 Å². The molecule has 3 nitrogen and oxygen atoms in total. The van der Waals surface area contributed by atoms with Crippen LogP contribution in [0.4, 0.5) is 0 Å². The van der Waals surface area contributed by atoms with Gasteiger partial charge in [-0.05, 0) is 29.5 Å². The topological polar surface area (TPSA) is 23.6 Å². The lowest BCUT2D eigenvalue weighted by Crippen LogP contribution is -2.48. The molecular weight excluding hydrogens is 392 g/mol. The highest BCUT2D eigenvalue weighted by Crippen LogP contribution is 2.46. The summed E-state index contributed by atoms with van der Waals surface area (Å²) in [4.78, 5) is 19.0. The normalized spacial score (nSPS) is 21.6. The molecule has 5 rings (SSSR count). The number of carbonyl (C=O) groups excluding carboxylic acids is 1. The van der Waals surface area contributed by atoms with E-state index in [1.54, 1.807) is 0 Å². The van der Waals surface area contributed by atoms with Crippen LogP contribution in [0.1, 0.15) is 29.5 Å². The molecule has 3 aromatic rings. The van der Waals surface area contributed by atoms with E-state index in [-0.39, 0.29) is 5.92 Å². The van der Waals surface area contributed by atoms with E-state index >= 15 is 0 Å². The van der Waals surface area contributed by atoms with Crippen molar-refractivity contribution in [1.29, 1.82) is 0 Å². The van der Waals surface area contributed by atoms with Crippen LogP contribution in [0.3, 0.4) is 0 Å². The zero-order chi connectivity index (χ0) is 21.8. The summed E-state index contributed by atoms with van der Waals surface area (Å²) in [6.45, 7) is 6.12. The number of hydrogen-bond acceptors (Lipinski definition) is 3. The molecule has 32 heavy (non-hydrogen) atoms. The fourth-order valence-corrected chi connectivity index (χ4v) is 5.64. The number of carbonyl (C=O) groups is 1. The average Bonchev–Trinajstić information content (AvgIpc) is 3.19. The standard InChI is InChI=1S/C29H32N2O/c32-28-25(23-31-20-18-30(19-21-31)22-24-10-4-1-5-11-24)16-17-29(28,26-12-6-2-7-13-26)27-14-8-3-9-15-27/h1-15,25H,16-23H2. The van der Waals surface area contributed by atoms with Crippen LogP contribution in [0.25, 0.3) is 0 Å². The Kier molecular flexibility index (Phi) is 6.20. The first-order valence-electron chi connectivity index (χ1n) is 11.9. The zero-order valence-electron chi connectivity index (χ0n) is 18.7. The van der Waals surface area contributed by atoms with Crippen molar-refractivity contribution in [3.05, 3.63) is 108 Å². The van der Waals surface area contributed by atoms with E-state index in [9.17, 15) is 4.79 Å². The van der Waals surface area contributed by atoms with Gasteiger partial charge in [-0.1, -0.05) is 91.0 Å². The monoisotopic (exact) mass is 424 g/mol. The van der Waals surface area contributed by atoms with E-state index in [1.807, 2.05) is 12.1 Å². The molecule has 0 bridgehead atoms. The van der Waals surface area contributed by atoms with Crippen LogP contribution in [-0.2, 0) is 16.8 Å². The molecule has 0 spiro atoms. The van der Waals surface area contributed by atoms with Gasteiger partial charge in [0.05, 0.1) is 5.41 Å². The molecule has 0 aromatic heterocycles. The summed E-state index contributed by atoms with van der Waals surface area (Å²) >= 11 is 0. The van der Waals surface area contributed by atoms with Gasteiger partial charge in [0.25, 0.3) is 0 Å². The Bertz CT molecular complexity index is 971. The molecular formula is C29H32N2O. The Balaban J connectivity index is 1.27. The lowest BCUT2D eigenvalue weighted by Gasteiger charge is -2.36. The lowest BCUT2D eigenvalue weighted by molar-refractivity contribution is -0.124. The van der Waals surface area contributed by atoms with Gasteiger partial charge in [-0.15, -0.1) is 0 Å². The SMILES string of the molecule is O=C1C(CN2CCN(Cc3ccccc3)CC2)CCC1(c1ccccc1)c1ccccc1. The molecule has 3 aromatic carbocycles. The quantitative estimate of drug-likeness (QED) is 0.570. The fourth-order valence-electron chi connectivity index (χ4n) is 5.64. The molecule has 164 valence electrons. The van der Waals surface area contributed by atoms with Crippen molar-refractivity contribution in [2.75, 3.05) is 32.7 Å². The summed E-state index contributed by atoms with van der Waals surface area (Å²) in [5.41, 5.74) is 3.17. The van der Waals surface area contributed by atoms with Crippen molar-refractivity contribution in [2.45, 2.75) is 24.8 Å². The lowest BCUT2D eigenvalue weighted by atomic mass is 9.72. The molecule has 1 aliphatic heterocycles. The molecule has 0 radical (unpaired) electrons. The van der Waals surface area contributed by atoms with E-state index in [1.165, 1.54) is 5.56 Å². The average molecular weight is 425 g/mol. The van der Waals surface area contributed by atoms with Crippen LogP contribution in [0, 0.1) is 5.92 Å². The second-order valence-corrected chi connectivity index (χ2v) is 9.30. The van der Waals surface area contributed by atoms with Crippen LogP contribution in [0.5, 0.6) is 0 Å². The van der Waals surface area contributed by atoms with Crippen molar-refractivity contribution < 1.29 is 4.79 Å². The number of Topliss-reactive ketones (excluding diaryl/α,β-unsaturated/α-hetero) is 1. The molecule has 3 heteroatoms. The number of piperazine rings is 1. The van der Waals surface area contributed by atoms with Crippen molar-refractivity contribution in [2.24, 2.45) is 5.92 Å². The van der Waals surface area contributed by atoms with Crippen LogP contribution in [0.2, 0.25) is 0 Å². The number of benzene rings is 3. The van der Waals surface area contributed by atoms with Gasteiger partial charge in [0.1, 0.15) is 0 Å². The molecule has 1 saturated carbocycles.